The molecule has 0 heterocycles. The van der Waals surface area contributed by atoms with Crippen LogP contribution in [0.1, 0.15) is 99.3 Å². The van der Waals surface area contributed by atoms with Crippen molar-refractivity contribution >= 4 is 0 Å². The molecular weight excluding hydrogens is 336 g/mol. The molecule has 0 spiro atoms. The first kappa shape index (κ1) is 25.8. The van der Waals surface area contributed by atoms with Gasteiger partial charge in [-0.15, -0.1) is 0 Å². The molecule has 0 radical (unpaired) electrons. The summed E-state index contributed by atoms with van der Waals surface area (Å²) in [6, 6.07) is 0. The molecule has 158 valence electrons. The summed E-state index contributed by atoms with van der Waals surface area (Å²) in [5.41, 5.74) is -0.866. The highest BCUT2D eigenvalue weighted by Crippen LogP contribution is 2.36. The van der Waals surface area contributed by atoms with Crippen LogP contribution in [-0.2, 0) is 29.3 Å². The molecule has 0 aliphatic rings. The molecule has 0 aromatic carbocycles. The van der Waals surface area contributed by atoms with Crippen molar-refractivity contribution in [1.29, 1.82) is 0 Å². The van der Waals surface area contributed by atoms with Crippen LogP contribution in [0.15, 0.2) is 0 Å². The van der Waals surface area contributed by atoms with Crippen molar-refractivity contribution in [2.75, 3.05) is 19.8 Å². The minimum absolute atomic E-state index is 0.491. The Morgan fingerprint density at radius 2 is 0.923 bits per heavy atom. The molecule has 0 fully saturated rings. The second-order valence-corrected chi connectivity index (χ2v) is 7.06. The summed E-state index contributed by atoms with van der Waals surface area (Å²) in [7, 11) is 0. The van der Waals surface area contributed by atoms with E-state index in [4.69, 9.17) is 29.3 Å². The minimum atomic E-state index is -1.24. The van der Waals surface area contributed by atoms with Gasteiger partial charge in [-0.25, -0.2) is 19.6 Å². The maximum absolute atomic E-state index is 5.80. The lowest BCUT2D eigenvalue weighted by molar-refractivity contribution is -0.559. The zero-order valence-corrected chi connectivity index (χ0v) is 17.9. The van der Waals surface area contributed by atoms with Gasteiger partial charge in [0, 0.05) is 0 Å². The standard InChI is InChI=1S/C20H42O6/c1-7-11-15-19(5,24-21-16-12-8-2)20(6,25-22-17-13-9-3)26-23-18-14-10-4/h7-18H2,1-6H3. The van der Waals surface area contributed by atoms with Crippen LogP contribution >= 0.6 is 0 Å². The molecule has 0 saturated carbocycles. The molecule has 0 aliphatic carbocycles. The monoisotopic (exact) mass is 378 g/mol. The molecule has 1 atom stereocenters. The molecule has 0 bridgehead atoms. The van der Waals surface area contributed by atoms with Gasteiger partial charge in [0.25, 0.3) is 5.79 Å². The fraction of sp³-hybridized carbons (Fsp3) is 1.00. The van der Waals surface area contributed by atoms with Crippen LogP contribution in [0.4, 0.5) is 0 Å². The van der Waals surface area contributed by atoms with E-state index in [0.717, 1.165) is 51.4 Å². The van der Waals surface area contributed by atoms with Gasteiger partial charge in [-0.2, -0.15) is 9.78 Å². The molecule has 0 saturated heterocycles. The number of unbranched alkanes of at least 4 members (excludes halogenated alkanes) is 4. The minimum Gasteiger partial charge on any atom is -0.236 e. The molecule has 0 amide bonds. The van der Waals surface area contributed by atoms with Crippen molar-refractivity contribution in [2.24, 2.45) is 0 Å². The number of hydrogen-bond donors (Lipinski definition) is 0. The Hall–Kier alpha value is -0.240. The van der Waals surface area contributed by atoms with Gasteiger partial charge in [0.1, 0.15) is 0 Å². The van der Waals surface area contributed by atoms with Crippen molar-refractivity contribution < 1.29 is 29.3 Å². The second-order valence-electron chi connectivity index (χ2n) is 7.06. The van der Waals surface area contributed by atoms with E-state index in [1.807, 2.05) is 6.92 Å². The third-order valence-corrected chi connectivity index (χ3v) is 4.39. The van der Waals surface area contributed by atoms with Crippen LogP contribution in [0, 0.1) is 0 Å². The Balaban J connectivity index is 5.03. The lowest BCUT2D eigenvalue weighted by Crippen LogP contribution is -2.55. The first-order valence-electron chi connectivity index (χ1n) is 10.4. The molecule has 6 nitrogen and oxygen atoms in total. The summed E-state index contributed by atoms with van der Waals surface area (Å²) in [5, 5.41) is 0. The highest BCUT2D eigenvalue weighted by molar-refractivity contribution is 4.88. The van der Waals surface area contributed by atoms with E-state index in [0.29, 0.717) is 26.2 Å². The molecule has 0 aliphatic heterocycles. The van der Waals surface area contributed by atoms with Crippen molar-refractivity contribution in [1.82, 2.24) is 0 Å². The van der Waals surface area contributed by atoms with E-state index < -0.39 is 11.4 Å². The Morgan fingerprint density at radius 3 is 1.31 bits per heavy atom. The van der Waals surface area contributed by atoms with Gasteiger partial charge < -0.3 is 0 Å². The highest BCUT2D eigenvalue weighted by atomic mass is 17.3. The Morgan fingerprint density at radius 1 is 0.538 bits per heavy atom. The number of hydrogen-bond acceptors (Lipinski definition) is 6. The Kier molecular flexibility index (Phi) is 15.6. The van der Waals surface area contributed by atoms with Crippen molar-refractivity contribution in [2.45, 2.75) is 111 Å². The maximum Gasteiger partial charge on any atom is 0.262 e. The van der Waals surface area contributed by atoms with Crippen LogP contribution < -0.4 is 0 Å². The maximum atomic E-state index is 5.80. The average molecular weight is 379 g/mol. The zero-order chi connectivity index (χ0) is 19.7. The lowest BCUT2D eigenvalue weighted by atomic mass is 9.90. The predicted octanol–water partition coefficient (Wildman–Crippen LogP) is 5.90. The molecule has 0 aromatic rings. The summed E-state index contributed by atoms with van der Waals surface area (Å²) in [6.07, 6.45) is 8.51. The summed E-state index contributed by atoms with van der Waals surface area (Å²) in [5.74, 6) is -1.24. The smallest absolute Gasteiger partial charge is 0.236 e. The third-order valence-electron chi connectivity index (χ3n) is 4.39. The first-order valence-corrected chi connectivity index (χ1v) is 10.4. The summed E-state index contributed by atoms with van der Waals surface area (Å²) in [4.78, 5) is 33.4. The molecule has 0 rings (SSSR count). The Bertz CT molecular complexity index is 301. The van der Waals surface area contributed by atoms with Gasteiger partial charge in [0.15, 0.2) is 5.60 Å². The van der Waals surface area contributed by atoms with Crippen LogP contribution in [-0.4, -0.2) is 31.2 Å². The first-order chi connectivity index (χ1) is 12.5. The SMILES string of the molecule is CCCCOOC(C)(CCCC)C(C)(OOCCCC)OOCCCC. The average Bonchev–Trinajstić information content (AvgIpc) is 2.64. The van der Waals surface area contributed by atoms with Crippen molar-refractivity contribution in [3.05, 3.63) is 0 Å². The van der Waals surface area contributed by atoms with E-state index in [1.165, 1.54) is 0 Å². The molecule has 26 heavy (non-hydrogen) atoms. The van der Waals surface area contributed by atoms with Crippen LogP contribution in [0.5, 0.6) is 0 Å². The largest absolute Gasteiger partial charge is 0.262 e. The van der Waals surface area contributed by atoms with E-state index in [2.05, 4.69) is 27.7 Å². The van der Waals surface area contributed by atoms with Gasteiger partial charge in [-0.1, -0.05) is 59.8 Å². The molecule has 6 heteroatoms. The molecule has 1 unspecified atom stereocenters. The van der Waals surface area contributed by atoms with E-state index >= 15 is 0 Å². The van der Waals surface area contributed by atoms with Crippen LogP contribution in [0.25, 0.3) is 0 Å². The third kappa shape index (κ3) is 10.2. The highest BCUT2D eigenvalue weighted by Gasteiger charge is 2.52. The van der Waals surface area contributed by atoms with Gasteiger partial charge in [-0.3, -0.25) is 0 Å². The quantitative estimate of drug-likeness (QED) is 0.121. The molecular formula is C20H42O6. The van der Waals surface area contributed by atoms with Gasteiger partial charge in [-0.05, 0) is 39.5 Å². The molecule has 0 N–H and O–H groups in total. The van der Waals surface area contributed by atoms with Gasteiger partial charge >= 0.3 is 0 Å². The van der Waals surface area contributed by atoms with Gasteiger partial charge in [0.2, 0.25) is 0 Å². The van der Waals surface area contributed by atoms with Crippen LogP contribution in [0.3, 0.4) is 0 Å². The van der Waals surface area contributed by atoms with E-state index in [1.54, 1.807) is 6.92 Å². The van der Waals surface area contributed by atoms with E-state index in [-0.39, 0.29) is 0 Å². The topological polar surface area (TPSA) is 55.4 Å². The zero-order valence-electron chi connectivity index (χ0n) is 17.9. The summed E-state index contributed by atoms with van der Waals surface area (Å²) in [6.45, 7) is 13.7. The summed E-state index contributed by atoms with van der Waals surface area (Å²) >= 11 is 0. The fourth-order valence-electron chi connectivity index (χ4n) is 2.14. The van der Waals surface area contributed by atoms with Gasteiger partial charge in [0.05, 0.1) is 19.8 Å². The van der Waals surface area contributed by atoms with Crippen molar-refractivity contribution in [3.63, 3.8) is 0 Å². The van der Waals surface area contributed by atoms with Crippen LogP contribution in [0.2, 0.25) is 0 Å². The lowest BCUT2D eigenvalue weighted by Gasteiger charge is -2.41. The normalized spacial score (nSPS) is 14.5. The molecule has 0 aromatic heterocycles. The predicted molar refractivity (Wildman–Crippen MR) is 102 cm³/mol. The Labute approximate surface area is 160 Å². The number of rotatable bonds is 19. The summed E-state index contributed by atoms with van der Waals surface area (Å²) < 4.78 is 0. The van der Waals surface area contributed by atoms with E-state index in [9.17, 15) is 0 Å². The fourth-order valence-corrected chi connectivity index (χ4v) is 2.14. The van der Waals surface area contributed by atoms with Crippen molar-refractivity contribution in [3.8, 4) is 0 Å². The second kappa shape index (κ2) is 15.8.